The van der Waals surface area contributed by atoms with E-state index in [9.17, 15) is 0 Å². The largest absolute Gasteiger partial charge is 0.330 e. The van der Waals surface area contributed by atoms with Gasteiger partial charge in [0.15, 0.2) is 0 Å². The molecule has 1 atom stereocenters. The number of nitrogens with two attached hydrogens (primary N) is 1. The molecule has 1 nitrogen and oxygen atoms in total. The highest BCUT2D eigenvalue weighted by Gasteiger charge is 2.09. The Hall–Kier alpha value is 0.300. The maximum absolute atomic E-state index is 5.77. The Morgan fingerprint density at radius 3 is 2.73 bits per heavy atom. The SMILES string of the molecule is NCC(CS)c1ccc(Cl)s1. The van der Waals surface area contributed by atoms with Gasteiger partial charge in [-0.05, 0) is 17.9 Å². The Balaban J connectivity index is 2.73. The Bertz CT molecular complexity index is 220. The van der Waals surface area contributed by atoms with E-state index in [4.69, 9.17) is 17.3 Å². The first-order chi connectivity index (χ1) is 5.27. The molecule has 1 aromatic heterocycles. The smallest absolute Gasteiger partial charge is 0.0931 e. The van der Waals surface area contributed by atoms with Crippen LogP contribution in [0, 0.1) is 0 Å². The van der Waals surface area contributed by atoms with Crippen molar-refractivity contribution in [1.82, 2.24) is 0 Å². The van der Waals surface area contributed by atoms with Crippen LogP contribution in [0.5, 0.6) is 0 Å². The van der Waals surface area contributed by atoms with Crippen molar-refractivity contribution < 1.29 is 0 Å². The molecule has 0 saturated heterocycles. The molecule has 0 aromatic carbocycles. The van der Waals surface area contributed by atoms with Crippen molar-refractivity contribution in [2.45, 2.75) is 5.92 Å². The lowest BCUT2D eigenvalue weighted by Gasteiger charge is -2.07. The van der Waals surface area contributed by atoms with Crippen LogP contribution >= 0.6 is 35.6 Å². The Morgan fingerprint density at radius 2 is 2.36 bits per heavy atom. The predicted octanol–water partition coefficient (Wildman–Crippen LogP) is 2.37. The topological polar surface area (TPSA) is 26.0 Å². The summed E-state index contributed by atoms with van der Waals surface area (Å²) in [5.74, 6) is 1.14. The van der Waals surface area contributed by atoms with Crippen molar-refractivity contribution in [3.05, 3.63) is 21.3 Å². The van der Waals surface area contributed by atoms with Crippen LogP contribution in [-0.4, -0.2) is 12.3 Å². The maximum Gasteiger partial charge on any atom is 0.0931 e. The van der Waals surface area contributed by atoms with Crippen molar-refractivity contribution in [2.24, 2.45) is 5.73 Å². The van der Waals surface area contributed by atoms with Crippen molar-refractivity contribution in [3.63, 3.8) is 0 Å². The summed E-state index contributed by atoms with van der Waals surface area (Å²) in [4.78, 5) is 1.23. The van der Waals surface area contributed by atoms with E-state index in [2.05, 4.69) is 12.6 Å². The second-order valence-corrected chi connectivity index (χ2v) is 4.37. The molecule has 0 aliphatic heterocycles. The van der Waals surface area contributed by atoms with E-state index in [1.807, 2.05) is 12.1 Å². The Kier molecular flexibility index (Phi) is 3.72. The van der Waals surface area contributed by atoms with E-state index >= 15 is 0 Å². The molecule has 0 spiro atoms. The van der Waals surface area contributed by atoms with E-state index in [1.165, 1.54) is 4.88 Å². The minimum absolute atomic E-state index is 0.357. The van der Waals surface area contributed by atoms with Gasteiger partial charge in [-0.3, -0.25) is 0 Å². The average Bonchev–Trinajstić information content (AvgIpc) is 2.39. The lowest BCUT2D eigenvalue weighted by molar-refractivity contribution is 0.803. The molecule has 0 aliphatic rings. The molecule has 11 heavy (non-hydrogen) atoms. The van der Waals surface area contributed by atoms with Gasteiger partial charge in [-0.2, -0.15) is 12.6 Å². The van der Waals surface area contributed by atoms with Crippen LogP contribution < -0.4 is 5.73 Å². The van der Waals surface area contributed by atoms with Gasteiger partial charge in [-0.1, -0.05) is 11.6 Å². The normalized spacial score (nSPS) is 13.4. The highest BCUT2D eigenvalue weighted by Crippen LogP contribution is 2.28. The molecule has 1 heterocycles. The summed E-state index contributed by atoms with van der Waals surface area (Å²) in [7, 11) is 0. The zero-order valence-corrected chi connectivity index (χ0v) is 8.42. The molecular formula is C7H10ClNS2. The molecule has 0 aliphatic carbocycles. The molecule has 1 rings (SSSR count). The van der Waals surface area contributed by atoms with Gasteiger partial charge in [0.05, 0.1) is 4.34 Å². The van der Waals surface area contributed by atoms with Gasteiger partial charge in [-0.25, -0.2) is 0 Å². The van der Waals surface area contributed by atoms with Crippen molar-refractivity contribution >= 4 is 35.6 Å². The van der Waals surface area contributed by atoms with Crippen LogP contribution in [0.1, 0.15) is 10.8 Å². The molecule has 4 heteroatoms. The summed E-state index contributed by atoms with van der Waals surface area (Å²) >= 11 is 11.6. The van der Waals surface area contributed by atoms with E-state index in [0.717, 1.165) is 10.1 Å². The molecule has 2 N–H and O–H groups in total. The second kappa shape index (κ2) is 4.36. The van der Waals surface area contributed by atoms with E-state index < -0.39 is 0 Å². The summed E-state index contributed by atoms with van der Waals surface area (Å²) in [6.45, 7) is 0.639. The first kappa shape index (κ1) is 9.39. The number of rotatable bonds is 3. The number of hydrogen-bond donors (Lipinski definition) is 2. The predicted molar refractivity (Wildman–Crippen MR) is 55.0 cm³/mol. The fourth-order valence-electron chi connectivity index (χ4n) is 0.828. The quantitative estimate of drug-likeness (QED) is 0.732. The Labute approximate surface area is 81.0 Å². The minimum atomic E-state index is 0.357. The number of halogens is 1. The summed E-state index contributed by atoms with van der Waals surface area (Å²) in [6, 6.07) is 3.91. The molecule has 0 saturated carbocycles. The monoisotopic (exact) mass is 207 g/mol. The molecular weight excluding hydrogens is 198 g/mol. The van der Waals surface area contributed by atoms with Crippen LogP contribution in [-0.2, 0) is 0 Å². The van der Waals surface area contributed by atoms with E-state index in [0.29, 0.717) is 12.5 Å². The summed E-state index contributed by atoms with van der Waals surface area (Å²) < 4.78 is 0.820. The van der Waals surface area contributed by atoms with Crippen LogP contribution in [0.3, 0.4) is 0 Å². The lowest BCUT2D eigenvalue weighted by atomic mass is 10.1. The van der Waals surface area contributed by atoms with Crippen LogP contribution in [0.25, 0.3) is 0 Å². The fourth-order valence-corrected chi connectivity index (χ4v) is 2.47. The average molecular weight is 208 g/mol. The van der Waals surface area contributed by atoms with Gasteiger partial charge < -0.3 is 5.73 Å². The van der Waals surface area contributed by atoms with Crippen LogP contribution in [0.2, 0.25) is 4.34 Å². The second-order valence-electron chi connectivity index (χ2n) is 2.26. The van der Waals surface area contributed by atoms with Gasteiger partial charge >= 0.3 is 0 Å². The molecule has 62 valence electrons. The van der Waals surface area contributed by atoms with Gasteiger partial charge in [0.25, 0.3) is 0 Å². The van der Waals surface area contributed by atoms with E-state index in [-0.39, 0.29) is 0 Å². The first-order valence-corrected chi connectivity index (χ1v) is 5.16. The highest BCUT2D eigenvalue weighted by atomic mass is 35.5. The standard InChI is InChI=1S/C7H10ClNS2/c8-7-2-1-6(11-7)5(3-9)4-10/h1-2,5,10H,3-4,9H2. The molecule has 0 bridgehead atoms. The van der Waals surface area contributed by atoms with Gasteiger partial charge in [-0.15, -0.1) is 11.3 Å². The number of thiol groups is 1. The molecule has 0 radical (unpaired) electrons. The van der Waals surface area contributed by atoms with Crippen LogP contribution in [0.15, 0.2) is 12.1 Å². The zero-order valence-electron chi connectivity index (χ0n) is 5.96. The van der Waals surface area contributed by atoms with Gasteiger partial charge in [0, 0.05) is 17.3 Å². The highest BCUT2D eigenvalue weighted by molar-refractivity contribution is 7.80. The molecule has 1 unspecified atom stereocenters. The summed E-state index contributed by atoms with van der Waals surface area (Å²) in [5, 5.41) is 0. The number of hydrogen-bond acceptors (Lipinski definition) is 3. The van der Waals surface area contributed by atoms with Gasteiger partial charge in [0.2, 0.25) is 0 Å². The van der Waals surface area contributed by atoms with Gasteiger partial charge in [0.1, 0.15) is 0 Å². The maximum atomic E-state index is 5.77. The molecule has 0 fully saturated rings. The third kappa shape index (κ3) is 2.37. The van der Waals surface area contributed by atoms with Crippen molar-refractivity contribution in [1.29, 1.82) is 0 Å². The summed E-state index contributed by atoms with van der Waals surface area (Å²) in [6.07, 6.45) is 0. The zero-order chi connectivity index (χ0) is 8.27. The summed E-state index contributed by atoms with van der Waals surface area (Å²) in [5.41, 5.74) is 5.54. The minimum Gasteiger partial charge on any atom is -0.330 e. The van der Waals surface area contributed by atoms with Crippen LogP contribution in [0.4, 0.5) is 0 Å². The fraction of sp³-hybridized carbons (Fsp3) is 0.429. The van der Waals surface area contributed by atoms with Crippen molar-refractivity contribution in [3.8, 4) is 0 Å². The number of thiophene rings is 1. The molecule has 1 aromatic rings. The lowest BCUT2D eigenvalue weighted by Crippen LogP contribution is -2.12. The first-order valence-electron chi connectivity index (χ1n) is 3.34. The van der Waals surface area contributed by atoms with E-state index in [1.54, 1.807) is 11.3 Å². The third-order valence-electron chi connectivity index (χ3n) is 1.50. The Morgan fingerprint density at radius 1 is 1.64 bits per heavy atom. The third-order valence-corrected chi connectivity index (χ3v) is 3.34. The van der Waals surface area contributed by atoms with Crippen molar-refractivity contribution in [2.75, 3.05) is 12.3 Å². The molecule has 0 amide bonds.